The van der Waals surface area contributed by atoms with E-state index >= 15 is 0 Å². The van der Waals surface area contributed by atoms with Gasteiger partial charge in [-0.15, -0.1) is 10.2 Å². The van der Waals surface area contributed by atoms with E-state index in [1.165, 1.54) is 16.1 Å². The molecule has 2 heterocycles. The van der Waals surface area contributed by atoms with Crippen LogP contribution in [0.3, 0.4) is 0 Å². The number of carbonyl (C=O) groups is 1. The Hall–Kier alpha value is -3.02. The summed E-state index contributed by atoms with van der Waals surface area (Å²) < 4.78 is 27.1. The molecular formula is C22H24N6O3S2. The van der Waals surface area contributed by atoms with Gasteiger partial charge in [0.05, 0.1) is 10.6 Å². The van der Waals surface area contributed by atoms with Gasteiger partial charge in [-0.2, -0.15) is 4.31 Å². The highest BCUT2D eigenvalue weighted by Gasteiger charge is 2.23. The number of rotatable bonds is 8. The molecule has 0 bridgehead atoms. The smallest absolute Gasteiger partial charge is 0.243 e. The Bertz CT molecular complexity index is 1410. The second kappa shape index (κ2) is 9.46. The second-order valence-electron chi connectivity index (χ2n) is 7.42. The molecule has 4 rings (SSSR count). The van der Waals surface area contributed by atoms with Gasteiger partial charge in [0.15, 0.2) is 5.65 Å². The lowest BCUT2D eigenvalue weighted by Gasteiger charge is -2.18. The van der Waals surface area contributed by atoms with E-state index in [1.807, 2.05) is 31.2 Å². The summed E-state index contributed by atoms with van der Waals surface area (Å²) in [6.07, 6.45) is 0. The van der Waals surface area contributed by atoms with E-state index in [4.69, 9.17) is 0 Å². The van der Waals surface area contributed by atoms with Gasteiger partial charge < -0.3 is 10.3 Å². The molecule has 172 valence electrons. The molecule has 9 nitrogen and oxygen atoms in total. The molecule has 0 atom stereocenters. The molecule has 0 spiro atoms. The van der Waals surface area contributed by atoms with Crippen LogP contribution in [0.4, 0.5) is 5.69 Å². The van der Waals surface area contributed by atoms with Gasteiger partial charge in [0.1, 0.15) is 5.52 Å². The van der Waals surface area contributed by atoms with Crippen LogP contribution in [0.2, 0.25) is 0 Å². The number of fused-ring (bicyclic) bond motifs is 3. The number of anilines is 1. The van der Waals surface area contributed by atoms with Crippen molar-refractivity contribution in [3.63, 3.8) is 0 Å². The van der Waals surface area contributed by atoms with E-state index in [1.54, 1.807) is 32.0 Å². The molecule has 0 radical (unpaired) electrons. The van der Waals surface area contributed by atoms with Gasteiger partial charge in [-0.3, -0.25) is 4.79 Å². The van der Waals surface area contributed by atoms with Crippen LogP contribution in [0.25, 0.3) is 22.1 Å². The topological polar surface area (TPSA) is 121 Å². The Balaban J connectivity index is 1.53. The highest BCUT2D eigenvalue weighted by Crippen LogP contribution is 2.27. The highest BCUT2D eigenvalue weighted by molar-refractivity contribution is 7.99. The largest absolute Gasteiger partial charge is 0.338 e. The molecule has 0 unspecified atom stereocenters. The van der Waals surface area contributed by atoms with Crippen LogP contribution < -0.4 is 5.32 Å². The summed E-state index contributed by atoms with van der Waals surface area (Å²) in [6, 6.07) is 12.4. The number of benzene rings is 2. The number of nitrogens with zero attached hydrogens (tertiary/aromatic N) is 4. The first-order valence-corrected chi connectivity index (χ1v) is 12.9. The lowest BCUT2D eigenvalue weighted by molar-refractivity contribution is -0.113. The molecule has 2 aromatic carbocycles. The number of hydrogen-bond donors (Lipinski definition) is 2. The average Bonchev–Trinajstić information content (AvgIpc) is 3.17. The zero-order valence-electron chi connectivity index (χ0n) is 18.5. The van der Waals surface area contributed by atoms with E-state index in [0.717, 1.165) is 11.3 Å². The van der Waals surface area contributed by atoms with Crippen molar-refractivity contribution in [2.75, 3.05) is 24.2 Å². The van der Waals surface area contributed by atoms with E-state index in [-0.39, 0.29) is 16.6 Å². The number of aryl methyl sites for hydroxylation is 1. The molecule has 1 amide bonds. The van der Waals surface area contributed by atoms with Gasteiger partial charge in [0.2, 0.25) is 21.1 Å². The summed E-state index contributed by atoms with van der Waals surface area (Å²) >= 11 is 1.17. The lowest BCUT2D eigenvalue weighted by Crippen LogP contribution is -2.30. The van der Waals surface area contributed by atoms with Crippen molar-refractivity contribution in [2.45, 2.75) is 30.8 Å². The number of hydrogen-bond acceptors (Lipinski definition) is 7. The Labute approximate surface area is 196 Å². The van der Waals surface area contributed by atoms with Gasteiger partial charge in [-0.1, -0.05) is 43.3 Å². The van der Waals surface area contributed by atoms with E-state index in [2.05, 4.69) is 25.5 Å². The van der Waals surface area contributed by atoms with Crippen molar-refractivity contribution >= 4 is 55.4 Å². The Morgan fingerprint density at radius 3 is 2.52 bits per heavy atom. The third-order valence-corrected chi connectivity index (χ3v) is 8.06. The third-order valence-electron chi connectivity index (χ3n) is 5.18. The number of H-pyrrole nitrogens is 1. The number of aromatic amines is 1. The molecule has 0 aliphatic heterocycles. The maximum atomic E-state index is 12.9. The number of sulfonamides is 1. The fourth-order valence-electron chi connectivity index (χ4n) is 3.43. The van der Waals surface area contributed by atoms with Crippen LogP contribution in [-0.4, -0.2) is 57.6 Å². The summed E-state index contributed by atoms with van der Waals surface area (Å²) in [6.45, 7) is 6.38. The first-order chi connectivity index (χ1) is 15.8. The molecular weight excluding hydrogens is 460 g/mol. The van der Waals surface area contributed by atoms with Gasteiger partial charge in [-0.05, 0) is 37.3 Å². The van der Waals surface area contributed by atoms with Crippen molar-refractivity contribution in [1.29, 1.82) is 0 Å². The van der Waals surface area contributed by atoms with Crippen LogP contribution in [-0.2, 0) is 14.8 Å². The van der Waals surface area contributed by atoms with E-state index in [9.17, 15) is 13.2 Å². The molecule has 0 aliphatic rings. The number of carbonyl (C=O) groups excluding carboxylic acids is 1. The standard InChI is InChI=1S/C22H24N6O3S2/c1-4-28(5-2)33(30,31)16-10-11-18-17(12-16)20-21(24-18)25-22(27-26-20)32-13-19(29)23-15-8-6-14(3)7-9-15/h6-12H,4-5,13H2,1-3H3,(H,23,29)(H,24,25,27). The fourth-order valence-corrected chi connectivity index (χ4v) is 5.51. The first-order valence-electron chi connectivity index (χ1n) is 10.5. The van der Waals surface area contributed by atoms with Crippen LogP contribution in [0.1, 0.15) is 19.4 Å². The maximum Gasteiger partial charge on any atom is 0.243 e. The van der Waals surface area contributed by atoms with Gasteiger partial charge >= 0.3 is 0 Å². The molecule has 0 saturated heterocycles. The number of amides is 1. The number of thioether (sulfide) groups is 1. The van der Waals surface area contributed by atoms with Crippen molar-refractivity contribution in [2.24, 2.45) is 0 Å². The van der Waals surface area contributed by atoms with Crippen LogP contribution >= 0.6 is 11.8 Å². The summed E-state index contributed by atoms with van der Waals surface area (Å²) in [5.74, 6) is -0.0384. The molecule has 4 aromatic rings. The summed E-state index contributed by atoms with van der Waals surface area (Å²) in [5, 5.41) is 12.2. The van der Waals surface area contributed by atoms with Crippen LogP contribution in [0, 0.1) is 6.92 Å². The van der Waals surface area contributed by atoms with Crippen molar-refractivity contribution in [3.05, 3.63) is 48.0 Å². The zero-order valence-corrected chi connectivity index (χ0v) is 20.1. The molecule has 33 heavy (non-hydrogen) atoms. The summed E-state index contributed by atoms with van der Waals surface area (Å²) in [5.41, 5.74) is 3.52. The molecule has 2 N–H and O–H groups in total. The minimum atomic E-state index is -3.59. The number of nitrogens with one attached hydrogen (secondary N) is 2. The van der Waals surface area contributed by atoms with Crippen molar-refractivity contribution < 1.29 is 13.2 Å². The highest BCUT2D eigenvalue weighted by atomic mass is 32.2. The summed E-state index contributed by atoms with van der Waals surface area (Å²) in [4.78, 5) is 20.0. The van der Waals surface area contributed by atoms with Gasteiger partial charge in [0, 0.05) is 29.7 Å². The molecule has 11 heteroatoms. The quantitative estimate of drug-likeness (QED) is 0.367. The third kappa shape index (κ3) is 4.85. The predicted octanol–water partition coefficient (Wildman–Crippen LogP) is 3.58. The lowest BCUT2D eigenvalue weighted by atomic mass is 10.2. The SMILES string of the molecule is CCN(CC)S(=O)(=O)c1ccc2[nH]c3nc(SCC(=O)Nc4ccc(C)cc4)nnc3c2c1. The average molecular weight is 485 g/mol. The fraction of sp³-hybridized carbons (Fsp3) is 0.273. The first kappa shape index (κ1) is 23.1. The summed E-state index contributed by atoms with van der Waals surface area (Å²) in [7, 11) is -3.59. The maximum absolute atomic E-state index is 12.9. The molecule has 0 fully saturated rings. The monoisotopic (exact) mass is 484 g/mol. The van der Waals surface area contributed by atoms with Crippen LogP contribution in [0.15, 0.2) is 52.5 Å². The minimum absolute atomic E-state index is 0.132. The van der Waals surface area contributed by atoms with Crippen molar-refractivity contribution in [3.8, 4) is 0 Å². The van der Waals surface area contributed by atoms with E-state index in [0.29, 0.717) is 40.3 Å². The van der Waals surface area contributed by atoms with E-state index < -0.39 is 10.0 Å². The number of aromatic nitrogens is 4. The predicted molar refractivity (Wildman–Crippen MR) is 130 cm³/mol. The van der Waals surface area contributed by atoms with Gasteiger partial charge in [-0.25, -0.2) is 13.4 Å². The molecule has 0 saturated carbocycles. The Morgan fingerprint density at radius 1 is 1.09 bits per heavy atom. The second-order valence-corrected chi connectivity index (χ2v) is 10.3. The zero-order chi connectivity index (χ0) is 23.6. The minimum Gasteiger partial charge on any atom is -0.338 e. The van der Waals surface area contributed by atoms with Crippen LogP contribution in [0.5, 0.6) is 0 Å². The molecule has 2 aromatic heterocycles. The Kier molecular flexibility index (Phi) is 6.63. The Morgan fingerprint density at radius 2 is 1.82 bits per heavy atom. The normalized spacial score (nSPS) is 12.0. The van der Waals surface area contributed by atoms with Gasteiger partial charge in [0.25, 0.3) is 0 Å². The molecule has 0 aliphatic carbocycles. The van der Waals surface area contributed by atoms with Crippen molar-refractivity contribution in [1.82, 2.24) is 24.5 Å².